The Bertz CT molecular complexity index is 322. The fourth-order valence-corrected chi connectivity index (χ4v) is 0.461. The zero-order valence-electron chi connectivity index (χ0n) is 6.37. The molecule has 11 heteroatoms. The second-order valence-corrected chi connectivity index (χ2v) is 1.55. The van der Waals surface area contributed by atoms with Gasteiger partial charge in [-0.2, -0.15) is 4.68 Å². The Morgan fingerprint density at radius 3 is 2.69 bits per heavy atom. The van der Waals surface area contributed by atoms with Gasteiger partial charge in [-0.05, 0) is 10.4 Å². The Morgan fingerprint density at radius 2 is 2.23 bits per heavy atom. The summed E-state index contributed by atoms with van der Waals surface area (Å²) in [6, 6.07) is 0. The SMILES string of the molecule is O=C([O-])n1nnnc1N[N+](=O)[O-].[K+]. The number of hydrazine groups is 1. The van der Waals surface area contributed by atoms with Crippen LogP contribution in [0.25, 0.3) is 0 Å². The number of carbonyl (C=O) groups excluding carboxylic acids is 1. The van der Waals surface area contributed by atoms with Crippen molar-refractivity contribution >= 4 is 12.0 Å². The molecule has 0 radical (unpaired) electrons. The van der Waals surface area contributed by atoms with E-state index in [2.05, 4.69) is 15.5 Å². The summed E-state index contributed by atoms with van der Waals surface area (Å²) in [4.78, 5) is 19.9. The molecule has 1 N–H and O–H groups in total. The number of hydrogen-bond acceptors (Lipinski definition) is 7. The van der Waals surface area contributed by atoms with E-state index in [9.17, 15) is 20.0 Å². The van der Waals surface area contributed by atoms with Crippen LogP contribution in [0.2, 0.25) is 0 Å². The molecular weight excluding hydrogens is 211 g/mol. The summed E-state index contributed by atoms with van der Waals surface area (Å²) in [5.74, 6) is -0.625. The van der Waals surface area contributed by atoms with Crippen LogP contribution in [0, 0.1) is 10.1 Å². The average molecular weight is 212 g/mol. The third-order valence-electron chi connectivity index (χ3n) is 0.834. The maximum Gasteiger partial charge on any atom is 1.00 e. The van der Waals surface area contributed by atoms with Crippen molar-refractivity contribution in [2.45, 2.75) is 0 Å². The summed E-state index contributed by atoms with van der Waals surface area (Å²) in [5.41, 5.74) is 1.46. The molecule has 0 saturated carbocycles. The number of nitro groups is 1. The van der Waals surface area contributed by atoms with Crippen LogP contribution < -0.4 is 61.9 Å². The van der Waals surface area contributed by atoms with Crippen LogP contribution in [0.3, 0.4) is 0 Å². The summed E-state index contributed by atoms with van der Waals surface area (Å²) in [6.07, 6.45) is -1.76. The molecule has 0 aliphatic heterocycles. The second-order valence-electron chi connectivity index (χ2n) is 1.55. The van der Waals surface area contributed by atoms with Gasteiger partial charge in [0.2, 0.25) is 0 Å². The minimum atomic E-state index is -1.76. The Balaban J connectivity index is 0.00000144. The molecule has 0 bridgehead atoms. The van der Waals surface area contributed by atoms with Crippen LogP contribution >= 0.6 is 0 Å². The molecule has 0 aliphatic carbocycles. The topological polar surface area (TPSA) is 139 Å². The van der Waals surface area contributed by atoms with E-state index in [0.29, 0.717) is 0 Å². The Kier molecular flexibility index (Phi) is 4.93. The fraction of sp³-hybridized carbons (Fsp3) is 0. The third kappa shape index (κ3) is 3.31. The number of nitrogens with one attached hydrogen (secondary N) is 1. The van der Waals surface area contributed by atoms with Gasteiger partial charge in [0.15, 0.2) is 11.1 Å². The van der Waals surface area contributed by atoms with Crippen LogP contribution in [-0.2, 0) is 0 Å². The van der Waals surface area contributed by atoms with Gasteiger partial charge in [-0.3, -0.25) is 0 Å². The van der Waals surface area contributed by atoms with Crippen LogP contribution in [0.15, 0.2) is 0 Å². The van der Waals surface area contributed by atoms with Crippen molar-refractivity contribution in [3.63, 3.8) is 0 Å². The molecule has 13 heavy (non-hydrogen) atoms. The molecule has 1 rings (SSSR count). The minimum Gasteiger partial charge on any atom is -0.528 e. The number of carbonyl (C=O) groups is 1. The van der Waals surface area contributed by atoms with Gasteiger partial charge in [0.05, 0.1) is 0 Å². The normalized spacial score (nSPS) is 8.62. The van der Waals surface area contributed by atoms with E-state index in [-0.39, 0.29) is 56.1 Å². The van der Waals surface area contributed by atoms with Gasteiger partial charge in [0, 0.05) is 0 Å². The van der Waals surface area contributed by atoms with Crippen molar-refractivity contribution in [3.8, 4) is 0 Å². The monoisotopic (exact) mass is 212 g/mol. The maximum atomic E-state index is 10.1. The molecule has 0 amide bonds. The van der Waals surface area contributed by atoms with E-state index in [1.807, 2.05) is 0 Å². The number of aromatic nitrogens is 4. The average Bonchev–Trinajstić information content (AvgIpc) is 2.33. The molecule has 1 heterocycles. The van der Waals surface area contributed by atoms with Crippen molar-refractivity contribution in [2.24, 2.45) is 0 Å². The van der Waals surface area contributed by atoms with Crippen molar-refractivity contribution in [3.05, 3.63) is 10.1 Å². The van der Waals surface area contributed by atoms with Gasteiger partial charge in [-0.15, -0.1) is 0 Å². The zero-order chi connectivity index (χ0) is 9.14. The third-order valence-corrected chi connectivity index (χ3v) is 0.834. The summed E-state index contributed by atoms with van der Waals surface area (Å²) < 4.78 is 0.128. The number of carboxylic acid groups (broad SMARTS) is 1. The van der Waals surface area contributed by atoms with Crippen molar-refractivity contribution in [1.29, 1.82) is 0 Å². The van der Waals surface area contributed by atoms with Crippen molar-refractivity contribution in [2.75, 3.05) is 5.43 Å². The summed E-state index contributed by atoms with van der Waals surface area (Å²) in [7, 11) is 0. The van der Waals surface area contributed by atoms with Gasteiger partial charge in [-0.25, -0.2) is 10.1 Å². The first-order valence-corrected chi connectivity index (χ1v) is 2.52. The number of hydrogen-bond donors (Lipinski definition) is 1. The standard InChI is InChI=1S/C2H2N6O4.K/c9-2(10)7-1(3-5-6-7)4-8(11)12;/h(H,9,10)(H,3,4,6);/q;+1/p-1. The van der Waals surface area contributed by atoms with E-state index in [1.54, 1.807) is 0 Å². The molecule has 0 aliphatic rings. The summed E-state index contributed by atoms with van der Waals surface area (Å²) in [5, 5.41) is 27.7. The van der Waals surface area contributed by atoms with Gasteiger partial charge < -0.3 is 9.90 Å². The van der Waals surface area contributed by atoms with Crippen LogP contribution in [0.1, 0.15) is 0 Å². The van der Waals surface area contributed by atoms with Crippen molar-refractivity contribution in [1.82, 2.24) is 20.2 Å². The van der Waals surface area contributed by atoms with E-state index >= 15 is 0 Å². The van der Waals surface area contributed by atoms with E-state index in [0.717, 1.165) is 0 Å². The predicted molar refractivity (Wildman–Crippen MR) is 29.2 cm³/mol. The van der Waals surface area contributed by atoms with E-state index < -0.39 is 17.1 Å². The van der Waals surface area contributed by atoms with Crippen molar-refractivity contribution < 1.29 is 66.3 Å². The first kappa shape index (κ1) is 12.4. The Morgan fingerprint density at radius 1 is 1.62 bits per heavy atom. The molecule has 0 spiro atoms. The van der Waals surface area contributed by atoms with Gasteiger partial charge in [0.25, 0.3) is 0 Å². The molecule has 0 unspecified atom stereocenters. The molecule has 1 aromatic heterocycles. The first-order valence-electron chi connectivity index (χ1n) is 2.52. The summed E-state index contributed by atoms with van der Waals surface area (Å²) >= 11 is 0. The summed E-state index contributed by atoms with van der Waals surface area (Å²) in [6.45, 7) is 0. The van der Waals surface area contributed by atoms with Gasteiger partial charge in [-0.1, -0.05) is 10.5 Å². The molecule has 0 fully saturated rings. The van der Waals surface area contributed by atoms with E-state index in [1.165, 1.54) is 5.43 Å². The zero-order valence-corrected chi connectivity index (χ0v) is 9.49. The van der Waals surface area contributed by atoms with Gasteiger partial charge in [0.1, 0.15) is 0 Å². The van der Waals surface area contributed by atoms with Gasteiger partial charge >= 0.3 is 57.3 Å². The second kappa shape index (κ2) is 5.18. The Labute approximate surface area is 113 Å². The van der Waals surface area contributed by atoms with Crippen LogP contribution in [0.4, 0.5) is 10.7 Å². The fourth-order valence-electron chi connectivity index (χ4n) is 0.461. The molecule has 64 valence electrons. The minimum absolute atomic E-state index is 0. The van der Waals surface area contributed by atoms with Crippen LogP contribution in [0.5, 0.6) is 0 Å². The molecular formula is C2HKN6O4. The molecule has 0 atom stereocenters. The van der Waals surface area contributed by atoms with E-state index in [4.69, 9.17) is 0 Å². The number of nitrogens with zero attached hydrogens (tertiary/aromatic N) is 5. The number of rotatable bonds is 2. The maximum absolute atomic E-state index is 10.1. The quantitative estimate of drug-likeness (QED) is 0.221. The predicted octanol–water partition coefficient (Wildman–Crippen LogP) is -5.53. The largest absolute Gasteiger partial charge is 1.00 e. The first-order chi connectivity index (χ1) is 5.61. The number of tetrazole rings is 1. The molecule has 0 aromatic carbocycles. The molecule has 0 saturated heterocycles. The Hall–Kier alpha value is -0.624. The molecule has 1 aromatic rings. The smallest absolute Gasteiger partial charge is 0.528 e. The molecule has 10 nitrogen and oxygen atoms in total. The van der Waals surface area contributed by atoms with Crippen LogP contribution in [-0.4, -0.2) is 31.3 Å². The number of anilines is 1.